The van der Waals surface area contributed by atoms with Gasteiger partial charge in [0.2, 0.25) is 0 Å². The van der Waals surface area contributed by atoms with Crippen molar-refractivity contribution in [3.63, 3.8) is 0 Å². The maximum Gasteiger partial charge on any atom is 0.137 e. The van der Waals surface area contributed by atoms with Crippen LogP contribution >= 0.6 is 0 Å². The maximum atomic E-state index is 5.25. The van der Waals surface area contributed by atoms with Gasteiger partial charge in [-0.25, -0.2) is 15.0 Å². The fourth-order valence-corrected chi connectivity index (χ4v) is 5.76. The van der Waals surface area contributed by atoms with E-state index < -0.39 is 0 Å². The van der Waals surface area contributed by atoms with Crippen LogP contribution in [0.15, 0.2) is 46.4 Å². The van der Waals surface area contributed by atoms with Gasteiger partial charge in [-0.2, -0.15) is 0 Å². The van der Waals surface area contributed by atoms with Crippen molar-refractivity contribution >= 4 is 50.5 Å². The monoisotopic (exact) mass is 468 g/mol. The van der Waals surface area contributed by atoms with Crippen LogP contribution in [-0.2, 0) is 0 Å². The third-order valence-corrected chi connectivity index (χ3v) is 7.83. The zero-order valence-electron chi connectivity index (χ0n) is 21.1. The van der Waals surface area contributed by atoms with Crippen LogP contribution < -0.4 is 4.90 Å². The Balaban J connectivity index is 1.46. The summed E-state index contributed by atoms with van der Waals surface area (Å²) in [5, 5.41) is 3.66. The third-order valence-electron chi connectivity index (χ3n) is 7.83. The van der Waals surface area contributed by atoms with Crippen LogP contribution in [0.4, 0.5) is 17.2 Å². The molecule has 0 saturated carbocycles. The SMILES string of the molecule is CN1CCCC/C1=N\c1ccc2c(c1)nc(N1CCCC1)c1cc(/N=C3\CCCCN3C)ccc12. The topological polar surface area (TPSA) is 47.3 Å². The van der Waals surface area contributed by atoms with Crippen LogP contribution in [-0.4, -0.2) is 66.7 Å². The minimum absolute atomic E-state index is 1.00. The molecule has 0 spiro atoms. The number of pyridine rings is 1. The Hall–Kier alpha value is -3.15. The lowest BCUT2D eigenvalue weighted by Gasteiger charge is -2.26. The summed E-state index contributed by atoms with van der Waals surface area (Å²) < 4.78 is 0. The van der Waals surface area contributed by atoms with Gasteiger partial charge in [0.25, 0.3) is 0 Å². The molecule has 0 aliphatic carbocycles. The van der Waals surface area contributed by atoms with E-state index in [0.717, 1.165) is 61.7 Å². The second-order valence-electron chi connectivity index (χ2n) is 10.4. The molecule has 3 aliphatic rings. The average Bonchev–Trinajstić information content (AvgIpc) is 3.41. The van der Waals surface area contributed by atoms with Crippen molar-refractivity contribution in [1.29, 1.82) is 0 Å². The Morgan fingerprint density at radius 3 is 1.83 bits per heavy atom. The number of likely N-dealkylation sites (tertiary alicyclic amines) is 2. The Kier molecular flexibility index (Phi) is 6.05. The van der Waals surface area contributed by atoms with Crippen LogP contribution in [0.3, 0.4) is 0 Å². The predicted molar refractivity (Wildman–Crippen MR) is 148 cm³/mol. The number of hydrogen-bond donors (Lipinski definition) is 0. The molecule has 6 heteroatoms. The standard InChI is InChI=1S/C29H36N6/c1-33-15-5-3-9-27(33)30-21-11-13-23-24-14-12-22(31-28-10-4-6-16-34(28)2)20-26(24)32-29(25(23)19-21)35-17-7-8-18-35/h11-14,19-20H,3-10,15-18H2,1-2H3/b30-27+,31-28+. The Morgan fingerprint density at radius 2 is 1.20 bits per heavy atom. The molecular formula is C29H36N6. The molecule has 0 unspecified atom stereocenters. The zero-order chi connectivity index (χ0) is 23.8. The molecule has 3 aliphatic heterocycles. The van der Waals surface area contributed by atoms with Gasteiger partial charge in [0.05, 0.1) is 16.9 Å². The summed E-state index contributed by atoms with van der Waals surface area (Å²) in [6.45, 7) is 4.33. The van der Waals surface area contributed by atoms with Crippen LogP contribution in [0.2, 0.25) is 0 Å². The highest BCUT2D eigenvalue weighted by Crippen LogP contribution is 2.37. The number of anilines is 1. The number of fused-ring (bicyclic) bond motifs is 3. The molecule has 1 aromatic heterocycles. The number of aromatic nitrogens is 1. The van der Waals surface area contributed by atoms with Gasteiger partial charge in [-0.15, -0.1) is 0 Å². The molecule has 0 N–H and O–H groups in total. The first-order valence-corrected chi connectivity index (χ1v) is 13.4. The minimum atomic E-state index is 1.00. The number of benzene rings is 2. The Labute approximate surface area is 208 Å². The van der Waals surface area contributed by atoms with Crippen LogP contribution in [0.5, 0.6) is 0 Å². The van der Waals surface area contributed by atoms with Gasteiger partial charge in [0.15, 0.2) is 0 Å². The van der Waals surface area contributed by atoms with Crippen LogP contribution in [0.25, 0.3) is 21.7 Å². The summed E-state index contributed by atoms with van der Waals surface area (Å²) in [4.78, 5) is 22.4. The number of rotatable bonds is 3. The van der Waals surface area contributed by atoms with Crippen molar-refractivity contribution in [2.45, 2.75) is 51.4 Å². The van der Waals surface area contributed by atoms with E-state index in [1.165, 1.54) is 66.4 Å². The first kappa shape index (κ1) is 22.3. The number of aliphatic imine (C=N–C) groups is 2. The van der Waals surface area contributed by atoms with E-state index in [1.807, 2.05) is 0 Å². The molecule has 3 fully saturated rings. The molecule has 0 radical (unpaired) electrons. The lowest BCUT2D eigenvalue weighted by Crippen LogP contribution is -2.31. The van der Waals surface area contributed by atoms with Crippen LogP contribution in [0.1, 0.15) is 51.4 Å². The van der Waals surface area contributed by atoms with Crippen molar-refractivity contribution in [3.05, 3.63) is 36.4 Å². The lowest BCUT2D eigenvalue weighted by molar-refractivity contribution is 0.434. The van der Waals surface area contributed by atoms with Crippen molar-refractivity contribution in [2.24, 2.45) is 9.98 Å². The fraction of sp³-hybridized carbons (Fsp3) is 0.483. The maximum absolute atomic E-state index is 5.25. The highest BCUT2D eigenvalue weighted by molar-refractivity contribution is 6.11. The summed E-state index contributed by atoms with van der Waals surface area (Å²) in [5.74, 6) is 3.49. The van der Waals surface area contributed by atoms with E-state index in [0.29, 0.717) is 0 Å². The molecule has 2 aromatic carbocycles. The molecule has 6 rings (SSSR count). The second kappa shape index (κ2) is 9.48. The molecule has 35 heavy (non-hydrogen) atoms. The van der Waals surface area contributed by atoms with Gasteiger partial charge in [-0.3, -0.25) is 0 Å². The molecule has 4 heterocycles. The van der Waals surface area contributed by atoms with Gasteiger partial charge in [0, 0.05) is 63.9 Å². The molecule has 3 aromatic rings. The van der Waals surface area contributed by atoms with E-state index >= 15 is 0 Å². The van der Waals surface area contributed by atoms with E-state index in [4.69, 9.17) is 15.0 Å². The van der Waals surface area contributed by atoms with Crippen molar-refractivity contribution in [2.75, 3.05) is 45.2 Å². The number of nitrogens with zero attached hydrogens (tertiary/aromatic N) is 6. The first-order valence-electron chi connectivity index (χ1n) is 13.4. The number of hydrogen-bond acceptors (Lipinski definition) is 4. The summed E-state index contributed by atoms with van der Waals surface area (Å²) in [6.07, 6.45) is 9.53. The molecule has 0 bridgehead atoms. The van der Waals surface area contributed by atoms with Crippen molar-refractivity contribution < 1.29 is 0 Å². The molecule has 3 saturated heterocycles. The largest absolute Gasteiger partial charge is 0.363 e. The van der Waals surface area contributed by atoms with Crippen molar-refractivity contribution in [1.82, 2.24) is 14.8 Å². The number of piperidine rings is 2. The Bertz CT molecular complexity index is 1300. The molecule has 182 valence electrons. The van der Waals surface area contributed by atoms with E-state index in [1.54, 1.807) is 0 Å². The summed E-state index contributed by atoms with van der Waals surface area (Å²) in [5.41, 5.74) is 3.07. The van der Waals surface area contributed by atoms with Gasteiger partial charge < -0.3 is 14.7 Å². The summed E-state index contributed by atoms with van der Waals surface area (Å²) in [6, 6.07) is 13.2. The van der Waals surface area contributed by atoms with Crippen molar-refractivity contribution in [3.8, 4) is 0 Å². The molecule has 0 atom stereocenters. The normalized spacial score (nSPS) is 21.7. The lowest BCUT2D eigenvalue weighted by atomic mass is 10.0. The smallest absolute Gasteiger partial charge is 0.137 e. The van der Waals surface area contributed by atoms with Crippen LogP contribution in [0, 0.1) is 0 Å². The van der Waals surface area contributed by atoms with Gasteiger partial charge in [-0.05, 0) is 68.2 Å². The predicted octanol–water partition coefficient (Wildman–Crippen LogP) is 6.28. The second-order valence-corrected chi connectivity index (χ2v) is 10.4. The zero-order valence-corrected chi connectivity index (χ0v) is 21.1. The van der Waals surface area contributed by atoms with Gasteiger partial charge >= 0.3 is 0 Å². The quantitative estimate of drug-likeness (QED) is 0.425. The summed E-state index contributed by atoms with van der Waals surface area (Å²) >= 11 is 0. The van der Waals surface area contributed by atoms with Gasteiger partial charge in [-0.1, -0.05) is 12.1 Å². The minimum Gasteiger partial charge on any atom is -0.363 e. The van der Waals surface area contributed by atoms with Gasteiger partial charge in [0.1, 0.15) is 17.5 Å². The number of amidine groups is 2. The third kappa shape index (κ3) is 4.46. The first-order chi connectivity index (χ1) is 17.2. The highest BCUT2D eigenvalue weighted by atomic mass is 15.2. The molecule has 0 amide bonds. The summed E-state index contributed by atoms with van der Waals surface area (Å²) in [7, 11) is 4.32. The average molecular weight is 469 g/mol. The van der Waals surface area contributed by atoms with E-state index in [-0.39, 0.29) is 0 Å². The highest BCUT2D eigenvalue weighted by Gasteiger charge is 2.20. The molecular weight excluding hydrogens is 432 g/mol. The fourth-order valence-electron chi connectivity index (χ4n) is 5.76. The molecule has 6 nitrogen and oxygen atoms in total. The van der Waals surface area contributed by atoms with E-state index in [9.17, 15) is 0 Å². The Morgan fingerprint density at radius 1 is 0.629 bits per heavy atom. The van der Waals surface area contributed by atoms with E-state index in [2.05, 4.69) is 65.2 Å².